The number of aromatic nitrogens is 1. The Bertz CT molecular complexity index is 1130. The summed E-state index contributed by atoms with van der Waals surface area (Å²) in [6, 6.07) is 13.0. The highest BCUT2D eigenvalue weighted by Crippen LogP contribution is 2.50. The molecule has 0 radical (unpaired) electrons. The van der Waals surface area contributed by atoms with E-state index in [1.165, 1.54) is 0 Å². The molecule has 5 atom stereocenters. The summed E-state index contributed by atoms with van der Waals surface area (Å²) in [7, 11) is 0. The van der Waals surface area contributed by atoms with Crippen molar-refractivity contribution >= 4 is 23.4 Å². The number of carbonyl (C=O) groups excluding carboxylic acids is 1. The maximum Gasteiger partial charge on any atom is 0.341 e. The number of ether oxygens (including phenoxy) is 1. The van der Waals surface area contributed by atoms with Gasteiger partial charge in [-0.2, -0.15) is 0 Å². The number of piperazine rings is 1. The van der Waals surface area contributed by atoms with Crippen LogP contribution in [0, 0.1) is 17.8 Å². The molecule has 5 rings (SSSR count). The molecule has 1 aromatic heterocycles. The number of fused-ring (bicyclic) bond motifs is 2. The van der Waals surface area contributed by atoms with Crippen LogP contribution < -0.4 is 19.9 Å². The summed E-state index contributed by atoms with van der Waals surface area (Å²) in [4.78, 5) is 33.0. The lowest BCUT2D eigenvalue weighted by atomic mass is 9.76. The summed E-state index contributed by atoms with van der Waals surface area (Å²) in [6.45, 7) is 6.92. The zero-order valence-corrected chi connectivity index (χ0v) is 21.5. The van der Waals surface area contributed by atoms with Crippen LogP contribution in [-0.2, 0) is 4.79 Å². The van der Waals surface area contributed by atoms with Gasteiger partial charge in [0.05, 0.1) is 5.60 Å². The molecule has 3 N–H and O–H groups in total. The third-order valence-corrected chi connectivity index (χ3v) is 8.21. The molecule has 0 spiro atoms. The smallest absolute Gasteiger partial charge is 0.341 e. The maximum absolute atomic E-state index is 13.2. The Morgan fingerprint density at radius 2 is 1.78 bits per heavy atom. The van der Waals surface area contributed by atoms with Crippen molar-refractivity contribution in [1.82, 2.24) is 10.3 Å². The first-order valence-corrected chi connectivity index (χ1v) is 13.1. The first-order chi connectivity index (χ1) is 17.7. The average Bonchev–Trinajstić information content (AvgIpc) is 3.02. The lowest BCUT2D eigenvalue weighted by Gasteiger charge is -2.37. The van der Waals surface area contributed by atoms with Crippen molar-refractivity contribution in [3.63, 3.8) is 0 Å². The van der Waals surface area contributed by atoms with E-state index in [4.69, 9.17) is 14.8 Å². The quantitative estimate of drug-likeness (QED) is 0.523. The number of carboxylic acid groups (broad SMARTS) is 1. The average molecular weight is 509 g/mol. The first kappa shape index (κ1) is 25.3. The lowest BCUT2D eigenvalue weighted by molar-refractivity contribution is -0.139. The number of aliphatic carboxylic acids is 1. The molecular formula is C28H36N4O5. The fourth-order valence-electron chi connectivity index (χ4n) is 6.46. The number of anilines is 2. The van der Waals surface area contributed by atoms with Crippen LogP contribution in [0.3, 0.4) is 0 Å². The van der Waals surface area contributed by atoms with Crippen LogP contribution in [0.4, 0.5) is 11.5 Å². The number of aliphatic hydroxyl groups is 1. The van der Waals surface area contributed by atoms with Crippen molar-refractivity contribution < 1.29 is 24.5 Å². The van der Waals surface area contributed by atoms with Gasteiger partial charge in [-0.3, -0.25) is 4.79 Å². The number of carbonyl (C=O) groups is 2. The summed E-state index contributed by atoms with van der Waals surface area (Å²) in [5, 5.41) is 22.9. The van der Waals surface area contributed by atoms with Crippen LogP contribution in [0.2, 0.25) is 0 Å². The van der Waals surface area contributed by atoms with Gasteiger partial charge in [0.25, 0.3) is 5.91 Å². The molecule has 1 aromatic carbocycles. The minimum Gasteiger partial charge on any atom is -0.482 e. The van der Waals surface area contributed by atoms with E-state index in [0.717, 1.165) is 56.9 Å². The standard InChI is InChI=1S/C28H36N4O5/c1-18-14-19-16-28(2,36)22(15-18)26(19)30-27(35)23-4-3-5-24(29-23)32-12-10-31(11-13-32)20-6-8-21(9-7-20)37-17-25(33)34/h3-9,18-19,22,26,36H,10-17H2,1-2H3,(H,30,35)(H,33,34)/t18-,19?,22?,26-,28-/m0/s1. The Balaban J connectivity index is 1.18. The molecule has 2 unspecified atom stereocenters. The summed E-state index contributed by atoms with van der Waals surface area (Å²) in [5.74, 6) is 1.11. The van der Waals surface area contributed by atoms with E-state index >= 15 is 0 Å². The van der Waals surface area contributed by atoms with E-state index < -0.39 is 11.6 Å². The fraction of sp³-hybridized carbons (Fsp3) is 0.536. The van der Waals surface area contributed by atoms with E-state index in [1.807, 2.05) is 31.2 Å². The van der Waals surface area contributed by atoms with E-state index in [0.29, 0.717) is 23.3 Å². The Labute approximate surface area is 217 Å². The zero-order valence-electron chi connectivity index (χ0n) is 21.5. The second-order valence-electron chi connectivity index (χ2n) is 11.0. The molecule has 1 saturated heterocycles. The first-order valence-electron chi connectivity index (χ1n) is 13.1. The number of nitrogens with zero attached hydrogens (tertiary/aromatic N) is 3. The SMILES string of the molecule is C[C@H]1CC2C[C@](C)(O)C(C1)[C@H]2NC(=O)c1cccc(N2CCN(c3ccc(OCC(=O)O)cc3)CC2)n1. The van der Waals surface area contributed by atoms with Crippen LogP contribution in [-0.4, -0.2) is 71.5 Å². The molecular weight excluding hydrogens is 472 g/mol. The number of hydrogen-bond donors (Lipinski definition) is 3. The van der Waals surface area contributed by atoms with Crippen LogP contribution in [0.1, 0.15) is 43.6 Å². The van der Waals surface area contributed by atoms with Crippen molar-refractivity contribution in [2.45, 2.75) is 44.8 Å². The predicted molar refractivity (Wildman–Crippen MR) is 140 cm³/mol. The van der Waals surface area contributed by atoms with E-state index in [-0.39, 0.29) is 24.5 Å². The number of pyridine rings is 1. The second kappa shape index (κ2) is 10.2. The molecule has 198 valence electrons. The largest absolute Gasteiger partial charge is 0.482 e. The molecule has 3 aliphatic rings. The molecule has 9 nitrogen and oxygen atoms in total. The van der Waals surface area contributed by atoms with Crippen LogP contribution in [0.5, 0.6) is 5.75 Å². The molecule has 1 amide bonds. The summed E-state index contributed by atoms with van der Waals surface area (Å²) in [6.07, 6.45) is 2.71. The Morgan fingerprint density at radius 3 is 2.46 bits per heavy atom. The maximum atomic E-state index is 13.2. The molecule has 1 aliphatic heterocycles. The molecule has 9 heteroatoms. The highest BCUT2D eigenvalue weighted by atomic mass is 16.5. The van der Waals surface area contributed by atoms with Crippen LogP contribution in [0.15, 0.2) is 42.5 Å². The Hall–Kier alpha value is -3.33. The Morgan fingerprint density at radius 1 is 1.08 bits per heavy atom. The van der Waals surface area contributed by atoms with Gasteiger partial charge in [0, 0.05) is 43.8 Å². The van der Waals surface area contributed by atoms with Gasteiger partial charge in [-0.25, -0.2) is 9.78 Å². The molecule has 2 aromatic rings. The molecule has 2 bridgehead atoms. The number of hydrogen-bond acceptors (Lipinski definition) is 7. The van der Waals surface area contributed by atoms with E-state index in [1.54, 1.807) is 18.2 Å². The fourth-order valence-corrected chi connectivity index (χ4v) is 6.46. The normalized spacial score (nSPS) is 29.2. The predicted octanol–water partition coefficient (Wildman–Crippen LogP) is 2.79. The monoisotopic (exact) mass is 508 g/mol. The molecule has 37 heavy (non-hydrogen) atoms. The minimum absolute atomic E-state index is 0.00591. The van der Waals surface area contributed by atoms with Gasteiger partial charge in [-0.15, -0.1) is 0 Å². The molecule has 2 saturated carbocycles. The third-order valence-electron chi connectivity index (χ3n) is 8.21. The highest BCUT2D eigenvalue weighted by Gasteiger charge is 2.53. The van der Waals surface area contributed by atoms with Gasteiger partial charge in [-0.05, 0) is 74.4 Å². The third kappa shape index (κ3) is 5.51. The van der Waals surface area contributed by atoms with E-state index in [9.17, 15) is 14.7 Å². The summed E-state index contributed by atoms with van der Waals surface area (Å²) >= 11 is 0. The zero-order chi connectivity index (χ0) is 26.2. The topological polar surface area (TPSA) is 115 Å². The van der Waals surface area contributed by atoms with Gasteiger partial charge in [0.15, 0.2) is 6.61 Å². The summed E-state index contributed by atoms with van der Waals surface area (Å²) < 4.78 is 5.21. The molecule has 3 fully saturated rings. The number of amides is 1. The van der Waals surface area contributed by atoms with Crippen molar-refractivity contribution in [2.24, 2.45) is 17.8 Å². The highest BCUT2D eigenvalue weighted by molar-refractivity contribution is 5.93. The van der Waals surface area contributed by atoms with Crippen molar-refractivity contribution in [2.75, 3.05) is 42.6 Å². The second-order valence-corrected chi connectivity index (χ2v) is 11.0. The number of benzene rings is 1. The van der Waals surface area contributed by atoms with Gasteiger partial charge >= 0.3 is 5.97 Å². The van der Waals surface area contributed by atoms with Gasteiger partial charge in [0.2, 0.25) is 0 Å². The van der Waals surface area contributed by atoms with Crippen molar-refractivity contribution in [3.05, 3.63) is 48.2 Å². The summed E-state index contributed by atoms with van der Waals surface area (Å²) in [5.41, 5.74) is 0.735. The van der Waals surface area contributed by atoms with E-state index in [2.05, 4.69) is 22.0 Å². The van der Waals surface area contributed by atoms with Gasteiger partial charge in [0.1, 0.15) is 17.3 Å². The van der Waals surface area contributed by atoms with Gasteiger partial charge < -0.3 is 30.1 Å². The Kier molecular flexibility index (Phi) is 6.98. The minimum atomic E-state index is -1.00. The van der Waals surface area contributed by atoms with Crippen LogP contribution in [0.25, 0.3) is 0 Å². The van der Waals surface area contributed by atoms with Crippen molar-refractivity contribution in [1.29, 1.82) is 0 Å². The number of nitrogens with one attached hydrogen (secondary N) is 1. The number of rotatable bonds is 7. The van der Waals surface area contributed by atoms with Gasteiger partial charge in [-0.1, -0.05) is 13.0 Å². The lowest BCUT2D eigenvalue weighted by Crippen LogP contribution is -2.48. The number of carboxylic acids is 1. The molecule has 2 aliphatic carbocycles. The van der Waals surface area contributed by atoms with Crippen molar-refractivity contribution in [3.8, 4) is 5.75 Å². The van der Waals surface area contributed by atoms with Crippen LogP contribution >= 0.6 is 0 Å². The molecule has 2 heterocycles.